The fourth-order valence-electron chi connectivity index (χ4n) is 2.67. The first-order chi connectivity index (χ1) is 11.8. The second-order valence-electron chi connectivity index (χ2n) is 5.69. The van der Waals surface area contributed by atoms with Crippen molar-refractivity contribution in [3.8, 4) is 5.75 Å². The van der Waals surface area contributed by atoms with Crippen molar-refractivity contribution in [1.82, 2.24) is 10.3 Å². The lowest BCUT2D eigenvalue weighted by atomic mass is 10.1. The van der Waals surface area contributed by atoms with Crippen molar-refractivity contribution < 1.29 is 24.2 Å². The second kappa shape index (κ2) is 7.65. The first-order valence-corrected chi connectivity index (χ1v) is 7.71. The number of carbonyl (C=O) groups is 3. The van der Waals surface area contributed by atoms with Gasteiger partial charge in [-0.05, 0) is 44.0 Å². The van der Waals surface area contributed by atoms with Crippen molar-refractivity contribution in [3.05, 3.63) is 52.3 Å². The summed E-state index contributed by atoms with van der Waals surface area (Å²) in [7, 11) is 0. The topological polar surface area (TPSA) is 108 Å². The zero-order chi connectivity index (χ0) is 18.6. The number of hydrogen-bond donors (Lipinski definition) is 3. The van der Waals surface area contributed by atoms with Crippen molar-refractivity contribution in [3.63, 3.8) is 0 Å². The lowest BCUT2D eigenvalue weighted by Gasteiger charge is -2.08. The number of amides is 1. The average Bonchev–Trinajstić information content (AvgIpc) is 2.86. The smallest absolute Gasteiger partial charge is 0.341 e. The minimum absolute atomic E-state index is 0.0893. The number of nitrogens with one attached hydrogen (secondary N) is 2. The Kier molecular flexibility index (Phi) is 5.59. The van der Waals surface area contributed by atoms with E-state index in [2.05, 4.69) is 10.3 Å². The molecular formula is C18H20N2O5. The minimum Gasteiger partial charge on any atom is -0.482 e. The molecule has 0 spiro atoms. The van der Waals surface area contributed by atoms with Gasteiger partial charge in [0.05, 0.1) is 0 Å². The molecule has 0 saturated carbocycles. The van der Waals surface area contributed by atoms with Gasteiger partial charge in [0.15, 0.2) is 12.4 Å². The molecule has 7 nitrogen and oxygen atoms in total. The van der Waals surface area contributed by atoms with Gasteiger partial charge in [-0.1, -0.05) is 12.1 Å². The van der Waals surface area contributed by atoms with Gasteiger partial charge < -0.3 is 20.1 Å². The Morgan fingerprint density at radius 3 is 2.56 bits per heavy atom. The molecule has 25 heavy (non-hydrogen) atoms. The maximum atomic E-state index is 12.4. The summed E-state index contributed by atoms with van der Waals surface area (Å²) in [4.78, 5) is 37.5. The van der Waals surface area contributed by atoms with Gasteiger partial charge in [-0.15, -0.1) is 0 Å². The van der Waals surface area contributed by atoms with Gasteiger partial charge >= 0.3 is 5.97 Å². The van der Waals surface area contributed by atoms with E-state index in [1.165, 1.54) is 6.92 Å². The van der Waals surface area contributed by atoms with Gasteiger partial charge in [0.25, 0.3) is 5.91 Å². The van der Waals surface area contributed by atoms with E-state index in [-0.39, 0.29) is 18.2 Å². The molecule has 3 N–H and O–H groups in total. The van der Waals surface area contributed by atoms with E-state index in [1.54, 1.807) is 38.1 Å². The maximum Gasteiger partial charge on any atom is 0.341 e. The Balaban J connectivity index is 2.05. The molecule has 1 heterocycles. The van der Waals surface area contributed by atoms with Crippen molar-refractivity contribution in [2.45, 2.75) is 27.3 Å². The first-order valence-electron chi connectivity index (χ1n) is 7.71. The summed E-state index contributed by atoms with van der Waals surface area (Å²) < 4.78 is 5.11. The average molecular weight is 344 g/mol. The van der Waals surface area contributed by atoms with Crippen LogP contribution in [-0.2, 0) is 11.3 Å². The van der Waals surface area contributed by atoms with Gasteiger partial charge in [0.1, 0.15) is 11.4 Å². The molecule has 0 aliphatic heterocycles. The number of H-pyrrole nitrogens is 1. The van der Waals surface area contributed by atoms with Crippen LogP contribution < -0.4 is 10.1 Å². The fourth-order valence-corrected chi connectivity index (χ4v) is 2.67. The molecule has 0 unspecified atom stereocenters. The molecule has 0 fully saturated rings. The van der Waals surface area contributed by atoms with E-state index >= 15 is 0 Å². The first kappa shape index (κ1) is 18.3. The Morgan fingerprint density at radius 2 is 1.96 bits per heavy atom. The van der Waals surface area contributed by atoms with Gasteiger partial charge in [0.2, 0.25) is 0 Å². The molecule has 0 aliphatic carbocycles. The predicted octanol–water partition coefficient (Wildman–Crippen LogP) is 2.23. The fraction of sp³-hybridized carbons (Fsp3) is 0.278. The number of carbonyl (C=O) groups excluding carboxylic acids is 2. The molecule has 0 radical (unpaired) electrons. The second-order valence-corrected chi connectivity index (χ2v) is 5.69. The van der Waals surface area contributed by atoms with E-state index in [9.17, 15) is 14.4 Å². The lowest BCUT2D eigenvalue weighted by molar-refractivity contribution is -0.139. The molecule has 0 atom stereocenters. The van der Waals surface area contributed by atoms with Crippen LogP contribution in [0, 0.1) is 13.8 Å². The molecule has 1 aromatic carbocycles. The number of aromatic nitrogens is 1. The lowest BCUT2D eigenvalue weighted by Crippen LogP contribution is -2.24. The highest BCUT2D eigenvalue weighted by atomic mass is 16.5. The van der Waals surface area contributed by atoms with Crippen molar-refractivity contribution in [2.24, 2.45) is 0 Å². The van der Waals surface area contributed by atoms with Crippen LogP contribution in [0.2, 0.25) is 0 Å². The summed E-state index contributed by atoms with van der Waals surface area (Å²) in [5, 5.41) is 11.4. The van der Waals surface area contributed by atoms with Gasteiger partial charge in [0, 0.05) is 17.8 Å². The number of carboxylic acids is 1. The molecule has 132 valence electrons. The third-order valence-corrected chi connectivity index (χ3v) is 3.73. The summed E-state index contributed by atoms with van der Waals surface area (Å²) in [6, 6.07) is 6.82. The molecule has 0 bridgehead atoms. The number of benzene rings is 1. The molecule has 2 aromatic rings. The molecule has 0 saturated heterocycles. The van der Waals surface area contributed by atoms with Crippen molar-refractivity contribution >= 4 is 17.7 Å². The van der Waals surface area contributed by atoms with Gasteiger partial charge in [-0.2, -0.15) is 0 Å². The number of carboxylic acid groups (broad SMARTS) is 1. The third kappa shape index (κ3) is 4.47. The molecule has 0 aliphatic rings. The standard InChI is InChI=1S/C18H20N2O5/c1-10-16(12(3)21)11(2)20-17(10)18(24)19-8-13-5-4-6-14(7-13)25-9-15(22)23/h4-7,20H,8-9H2,1-3H3,(H,19,24)(H,22,23). The minimum atomic E-state index is -1.06. The predicted molar refractivity (Wildman–Crippen MR) is 91.0 cm³/mol. The van der Waals surface area contributed by atoms with Crippen LogP contribution in [0.5, 0.6) is 5.75 Å². The monoisotopic (exact) mass is 344 g/mol. The molecule has 2 rings (SSSR count). The Bertz CT molecular complexity index is 823. The summed E-state index contributed by atoms with van der Waals surface area (Å²) >= 11 is 0. The number of ketones is 1. The highest BCUT2D eigenvalue weighted by molar-refractivity contribution is 6.02. The van der Waals surface area contributed by atoms with E-state index in [4.69, 9.17) is 9.84 Å². The van der Waals surface area contributed by atoms with Crippen LogP contribution in [0.4, 0.5) is 0 Å². The SMILES string of the molecule is CC(=O)c1c(C)[nH]c(C(=O)NCc2cccc(OCC(=O)O)c2)c1C. The Labute approximate surface area is 145 Å². The number of Topliss-reactive ketones (excluding diaryl/α,β-unsaturated/α-hetero) is 1. The van der Waals surface area contributed by atoms with Crippen LogP contribution >= 0.6 is 0 Å². The maximum absolute atomic E-state index is 12.4. The number of rotatable bonds is 7. The van der Waals surface area contributed by atoms with E-state index in [1.807, 2.05) is 0 Å². The summed E-state index contributed by atoms with van der Waals surface area (Å²) in [5.41, 5.74) is 2.96. The van der Waals surface area contributed by atoms with Crippen molar-refractivity contribution in [2.75, 3.05) is 6.61 Å². The molecule has 7 heteroatoms. The number of ether oxygens (including phenoxy) is 1. The number of aromatic amines is 1. The van der Waals surface area contributed by atoms with Crippen LogP contribution in [0.25, 0.3) is 0 Å². The number of aliphatic carboxylic acids is 1. The molecular weight excluding hydrogens is 324 g/mol. The van der Waals surface area contributed by atoms with E-state index < -0.39 is 12.6 Å². The number of aryl methyl sites for hydroxylation is 1. The van der Waals surface area contributed by atoms with E-state index in [0.717, 1.165) is 5.56 Å². The largest absolute Gasteiger partial charge is 0.482 e. The normalized spacial score (nSPS) is 10.4. The molecule has 1 aromatic heterocycles. The summed E-state index contributed by atoms with van der Waals surface area (Å²) in [6.07, 6.45) is 0. The summed E-state index contributed by atoms with van der Waals surface area (Å²) in [6.45, 7) is 4.77. The van der Waals surface area contributed by atoms with Crippen LogP contribution in [-0.4, -0.2) is 34.4 Å². The zero-order valence-electron chi connectivity index (χ0n) is 14.3. The third-order valence-electron chi connectivity index (χ3n) is 3.73. The van der Waals surface area contributed by atoms with E-state index in [0.29, 0.717) is 28.3 Å². The Morgan fingerprint density at radius 1 is 1.24 bits per heavy atom. The van der Waals surface area contributed by atoms with Crippen molar-refractivity contribution in [1.29, 1.82) is 0 Å². The van der Waals surface area contributed by atoms with Crippen LogP contribution in [0.15, 0.2) is 24.3 Å². The quantitative estimate of drug-likeness (QED) is 0.668. The Hall–Kier alpha value is -3.09. The van der Waals surface area contributed by atoms with Crippen LogP contribution in [0.1, 0.15) is 44.6 Å². The summed E-state index contributed by atoms with van der Waals surface area (Å²) in [5.74, 6) is -1.05. The van der Waals surface area contributed by atoms with Crippen LogP contribution in [0.3, 0.4) is 0 Å². The number of hydrogen-bond acceptors (Lipinski definition) is 4. The van der Waals surface area contributed by atoms with Gasteiger partial charge in [-0.25, -0.2) is 4.79 Å². The highest BCUT2D eigenvalue weighted by Gasteiger charge is 2.19. The molecule has 1 amide bonds. The zero-order valence-corrected chi connectivity index (χ0v) is 14.3. The highest BCUT2D eigenvalue weighted by Crippen LogP contribution is 2.19. The van der Waals surface area contributed by atoms with Gasteiger partial charge in [-0.3, -0.25) is 9.59 Å².